The third-order valence-corrected chi connectivity index (χ3v) is 6.47. The van der Waals surface area contributed by atoms with Crippen molar-refractivity contribution in [2.24, 2.45) is 0 Å². The van der Waals surface area contributed by atoms with E-state index in [9.17, 15) is 0 Å². The Hall–Kier alpha value is -3.84. The first-order valence-corrected chi connectivity index (χ1v) is 11.6. The van der Waals surface area contributed by atoms with Crippen molar-refractivity contribution in [3.63, 3.8) is 0 Å². The van der Waals surface area contributed by atoms with E-state index in [0.29, 0.717) is 5.11 Å². The number of anilines is 2. The van der Waals surface area contributed by atoms with Gasteiger partial charge in [-0.05, 0) is 72.9 Å². The molecule has 6 nitrogen and oxygen atoms in total. The smallest absolute Gasteiger partial charge is 0.174 e. The lowest BCUT2D eigenvalue weighted by molar-refractivity contribution is 0.414. The van der Waals surface area contributed by atoms with Gasteiger partial charge in [0.15, 0.2) is 5.11 Å². The zero-order chi connectivity index (χ0) is 23.7. The number of methoxy groups -OCH3 is 1. The second-order valence-corrected chi connectivity index (χ2v) is 8.80. The van der Waals surface area contributed by atoms with Crippen LogP contribution in [0.1, 0.15) is 23.5 Å². The second-order valence-electron chi connectivity index (χ2n) is 8.41. The molecular formula is C27H27N5OS. The van der Waals surface area contributed by atoms with Gasteiger partial charge < -0.3 is 24.4 Å². The zero-order valence-electron chi connectivity index (χ0n) is 19.4. The van der Waals surface area contributed by atoms with E-state index in [1.807, 2.05) is 56.7 Å². The summed E-state index contributed by atoms with van der Waals surface area (Å²) < 4.78 is 7.72. The van der Waals surface area contributed by atoms with E-state index in [0.717, 1.165) is 34.2 Å². The molecular weight excluding hydrogens is 442 g/mol. The predicted molar refractivity (Wildman–Crippen MR) is 141 cm³/mol. The van der Waals surface area contributed by atoms with E-state index in [4.69, 9.17) is 17.0 Å². The molecule has 4 aromatic rings. The molecule has 0 spiro atoms. The summed E-state index contributed by atoms with van der Waals surface area (Å²) >= 11 is 5.87. The predicted octanol–water partition coefficient (Wildman–Crippen LogP) is 5.12. The SMILES string of the molecule is COc1cccc(N2C(=S)N[C@@H](c3ccccn3)[C@H]2c2cccn2-c2ccc(N(C)C)cc2)c1. The second kappa shape index (κ2) is 9.19. The number of benzene rings is 2. The summed E-state index contributed by atoms with van der Waals surface area (Å²) in [5.41, 5.74) is 5.27. The van der Waals surface area contributed by atoms with Crippen molar-refractivity contribution in [3.8, 4) is 11.4 Å². The fourth-order valence-corrected chi connectivity index (χ4v) is 4.82. The van der Waals surface area contributed by atoms with Crippen LogP contribution in [0.15, 0.2) is 91.3 Å². The van der Waals surface area contributed by atoms with Crippen LogP contribution in [0.4, 0.5) is 11.4 Å². The van der Waals surface area contributed by atoms with Crippen molar-refractivity contribution in [1.29, 1.82) is 0 Å². The number of hydrogen-bond donors (Lipinski definition) is 1. The number of pyridine rings is 1. The van der Waals surface area contributed by atoms with E-state index in [-0.39, 0.29) is 12.1 Å². The molecule has 0 aliphatic carbocycles. The highest BCUT2D eigenvalue weighted by molar-refractivity contribution is 7.80. The molecule has 2 atom stereocenters. The molecule has 1 fully saturated rings. The van der Waals surface area contributed by atoms with Gasteiger partial charge in [0.05, 0.1) is 18.8 Å². The van der Waals surface area contributed by atoms with Crippen molar-refractivity contribution in [2.45, 2.75) is 12.1 Å². The van der Waals surface area contributed by atoms with E-state index in [1.165, 1.54) is 0 Å². The Labute approximate surface area is 205 Å². The molecule has 0 radical (unpaired) electrons. The molecule has 0 amide bonds. The summed E-state index contributed by atoms with van der Waals surface area (Å²) in [5.74, 6) is 0.787. The van der Waals surface area contributed by atoms with Crippen LogP contribution in [0.3, 0.4) is 0 Å². The van der Waals surface area contributed by atoms with Crippen LogP contribution in [0.5, 0.6) is 5.75 Å². The van der Waals surface area contributed by atoms with Crippen LogP contribution in [0.25, 0.3) is 5.69 Å². The Morgan fingerprint density at radius 1 is 0.941 bits per heavy atom. The van der Waals surface area contributed by atoms with Gasteiger partial charge in [-0.2, -0.15) is 0 Å². The summed E-state index contributed by atoms with van der Waals surface area (Å²) in [7, 11) is 5.77. The highest BCUT2D eigenvalue weighted by atomic mass is 32.1. The van der Waals surface area contributed by atoms with Crippen LogP contribution < -0.4 is 19.9 Å². The minimum Gasteiger partial charge on any atom is -0.497 e. The Kier molecular flexibility index (Phi) is 5.94. The summed E-state index contributed by atoms with van der Waals surface area (Å²) in [4.78, 5) is 8.92. The van der Waals surface area contributed by atoms with Crippen LogP contribution in [-0.4, -0.2) is 35.9 Å². The number of nitrogens with zero attached hydrogens (tertiary/aromatic N) is 4. The highest BCUT2D eigenvalue weighted by Gasteiger charge is 2.42. The molecule has 2 aromatic heterocycles. The number of nitrogens with one attached hydrogen (secondary N) is 1. The van der Waals surface area contributed by atoms with Crippen molar-refractivity contribution < 1.29 is 4.74 Å². The molecule has 0 saturated carbocycles. The molecule has 1 saturated heterocycles. The lowest BCUT2D eigenvalue weighted by atomic mass is 10.0. The molecule has 5 rings (SSSR count). The Bertz CT molecular complexity index is 1290. The maximum absolute atomic E-state index is 5.87. The highest BCUT2D eigenvalue weighted by Crippen LogP contribution is 2.42. The van der Waals surface area contributed by atoms with E-state index < -0.39 is 0 Å². The van der Waals surface area contributed by atoms with Gasteiger partial charge in [0.2, 0.25) is 0 Å². The van der Waals surface area contributed by atoms with Crippen molar-refractivity contribution in [2.75, 3.05) is 31.0 Å². The van der Waals surface area contributed by atoms with Gasteiger partial charge in [-0.15, -0.1) is 0 Å². The summed E-state index contributed by atoms with van der Waals surface area (Å²) in [6.45, 7) is 0. The fraction of sp³-hybridized carbons (Fsp3) is 0.185. The molecule has 1 aliphatic heterocycles. The third-order valence-electron chi connectivity index (χ3n) is 6.16. The van der Waals surface area contributed by atoms with Gasteiger partial charge in [0.25, 0.3) is 0 Å². The van der Waals surface area contributed by atoms with Gasteiger partial charge in [-0.25, -0.2) is 0 Å². The molecule has 1 N–H and O–H groups in total. The molecule has 7 heteroatoms. The number of aromatic nitrogens is 2. The Balaban J connectivity index is 1.63. The van der Waals surface area contributed by atoms with Gasteiger partial charge in [-0.1, -0.05) is 12.1 Å². The topological polar surface area (TPSA) is 45.6 Å². The summed E-state index contributed by atoms with van der Waals surface area (Å²) in [6, 6.07) is 26.5. The van der Waals surface area contributed by atoms with Crippen molar-refractivity contribution in [1.82, 2.24) is 14.9 Å². The van der Waals surface area contributed by atoms with Gasteiger partial charge in [0, 0.05) is 55.3 Å². The van der Waals surface area contributed by atoms with Crippen LogP contribution in [0, 0.1) is 0 Å². The van der Waals surface area contributed by atoms with Crippen molar-refractivity contribution in [3.05, 3.63) is 103 Å². The molecule has 172 valence electrons. The Morgan fingerprint density at radius 3 is 2.47 bits per heavy atom. The lowest BCUT2D eigenvalue weighted by Crippen LogP contribution is -2.30. The first-order chi connectivity index (χ1) is 16.6. The Morgan fingerprint density at radius 2 is 1.76 bits per heavy atom. The maximum atomic E-state index is 5.87. The van der Waals surface area contributed by atoms with Crippen LogP contribution in [0.2, 0.25) is 0 Å². The maximum Gasteiger partial charge on any atom is 0.174 e. The average molecular weight is 470 g/mol. The lowest BCUT2D eigenvalue weighted by Gasteiger charge is -2.29. The fourth-order valence-electron chi connectivity index (χ4n) is 4.48. The molecule has 3 heterocycles. The average Bonchev–Trinajstić information content (AvgIpc) is 3.49. The number of hydrogen-bond acceptors (Lipinski definition) is 4. The third kappa shape index (κ3) is 3.99. The summed E-state index contributed by atoms with van der Waals surface area (Å²) in [5, 5.41) is 4.19. The first-order valence-electron chi connectivity index (χ1n) is 11.2. The monoisotopic (exact) mass is 469 g/mol. The van der Waals surface area contributed by atoms with E-state index in [2.05, 4.69) is 73.3 Å². The number of thiocarbonyl (C=S) groups is 1. The van der Waals surface area contributed by atoms with Crippen molar-refractivity contribution >= 4 is 28.7 Å². The van der Waals surface area contributed by atoms with Crippen LogP contribution in [-0.2, 0) is 0 Å². The minimum absolute atomic E-state index is 0.113. The van der Waals surface area contributed by atoms with E-state index >= 15 is 0 Å². The largest absolute Gasteiger partial charge is 0.497 e. The van der Waals surface area contributed by atoms with Gasteiger partial charge in [0.1, 0.15) is 11.8 Å². The molecule has 1 aliphatic rings. The molecule has 0 bridgehead atoms. The quantitative estimate of drug-likeness (QED) is 0.395. The molecule has 2 aromatic carbocycles. The standard InChI is InChI=1S/C27H27N5OS/c1-30(2)19-12-14-20(15-13-19)31-17-7-11-24(31)26-25(23-10-4-5-16-28-23)29-27(34)32(26)21-8-6-9-22(18-21)33-3/h4-18,25-26H,1-3H3,(H,29,34)/t25-,26+/m0/s1. The van der Waals surface area contributed by atoms with E-state index in [1.54, 1.807) is 7.11 Å². The molecule has 34 heavy (non-hydrogen) atoms. The normalized spacial score (nSPS) is 17.5. The molecule has 0 unspecified atom stereocenters. The van der Waals surface area contributed by atoms with Gasteiger partial charge in [-0.3, -0.25) is 4.98 Å². The first kappa shape index (κ1) is 22.0. The van der Waals surface area contributed by atoms with Gasteiger partial charge >= 0.3 is 0 Å². The number of rotatable bonds is 6. The number of ether oxygens (including phenoxy) is 1. The zero-order valence-corrected chi connectivity index (χ0v) is 20.2. The minimum atomic E-state index is -0.116. The summed E-state index contributed by atoms with van der Waals surface area (Å²) in [6.07, 6.45) is 3.92. The van der Waals surface area contributed by atoms with Crippen LogP contribution >= 0.6 is 12.2 Å².